The summed E-state index contributed by atoms with van der Waals surface area (Å²) >= 11 is 0. The van der Waals surface area contributed by atoms with Gasteiger partial charge in [-0.25, -0.2) is 17.6 Å². The molecule has 0 radical (unpaired) electrons. The molecule has 0 spiro atoms. The van der Waals surface area contributed by atoms with Gasteiger partial charge in [-0.05, 0) is 25.0 Å². The van der Waals surface area contributed by atoms with Gasteiger partial charge >= 0.3 is 5.97 Å². The van der Waals surface area contributed by atoms with Crippen molar-refractivity contribution in [2.75, 3.05) is 13.1 Å². The van der Waals surface area contributed by atoms with E-state index in [9.17, 15) is 17.6 Å². The molecular formula is C13H18FNO4S. The van der Waals surface area contributed by atoms with E-state index in [-0.39, 0.29) is 13.1 Å². The Kier molecular flexibility index (Phi) is 5.64. The molecule has 1 aromatic carbocycles. The minimum Gasteiger partial charge on any atom is -0.478 e. The Morgan fingerprint density at radius 3 is 2.25 bits per heavy atom. The second-order valence-electron chi connectivity index (χ2n) is 4.33. The highest BCUT2D eigenvalue weighted by atomic mass is 32.2. The number of rotatable bonds is 7. The monoisotopic (exact) mass is 303 g/mol. The van der Waals surface area contributed by atoms with Crippen LogP contribution in [0.1, 0.15) is 37.0 Å². The normalized spacial score (nSPS) is 11.8. The van der Waals surface area contributed by atoms with Gasteiger partial charge < -0.3 is 5.11 Å². The highest BCUT2D eigenvalue weighted by Crippen LogP contribution is 2.22. The highest BCUT2D eigenvalue weighted by Gasteiger charge is 2.28. The van der Waals surface area contributed by atoms with E-state index in [1.165, 1.54) is 10.4 Å². The molecule has 1 aromatic rings. The second kappa shape index (κ2) is 6.81. The predicted molar refractivity (Wildman–Crippen MR) is 72.7 cm³/mol. The molecule has 20 heavy (non-hydrogen) atoms. The van der Waals surface area contributed by atoms with Crippen molar-refractivity contribution in [1.29, 1.82) is 0 Å². The Balaban J connectivity index is 3.34. The molecule has 1 rings (SSSR count). The first-order chi connectivity index (χ1) is 9.36. The van der Waals surface area contributed by atoms with Gasteiger partial charge in [0, 0.05) is 13.1 Å². The Morgan fingerprint density at radius 1 is 1.25 bits per heavy atom. The molecule has 0 atom stereocenters. The lowest BCUT2D eigenvalue weighted by Gasteiger charge is -2.21. The molecule has 0 heterocycles. The lowest BCUT2D eigenvalue weighted by atomic mass is 10.2. The number of sulfonamides is 1. The van der Waals surface area contributed by atoms with Crippen molar-refractivity contribution >= 4 is 16.0 Å². The van der Waals surface area contributed by atoms with Crippen molar-refractivity contribution in [1.82, 2.24) is 4.31 Å². The number of carboxylic acids is 1. The topological polar surface area (TPSA) is 74.7 Å². The summed E-state index contributed by atoms with van der Waals surface area (Å²) in [6.45, 7) is 4.18. The average molecular weight is 303 g/mol. The molecule has 1 N–H and O–H groups in total. The van der Waals surface area contributed by atoms with Crippen LogP contribution in [0, 0.1) is 5.82 Å². The van der Waals surface area contributed by atoms with Crippen LogP contribution in [0.15, 0.2) is 23.1 Å². The molecule has 7 heteroatoms. The lowest BCUT2D eigenvalue weighted by molar-refractivity contribution is 0.0691. The van der Waals surface area contributed by atoms with E-state index in [1.54, 1.807) is 0 Å². The summed E-state index contributed by atoms with van der Waals surface area (Å²) in [6, 6.07) is 3.37. The van der Waals surface area contributed by atoms with Crippen molar-refractivity contribution in [3.05, 3.63) is 29.6 Å². The van der Waals surface area contributed by atoms with Crippen LogP contribution in [0.25, 0.3) is 0 Å². The molecule has 0 saturated heterocycles. The predicted octanol–water partition coefficient (Wildman–Crippen LogP) is 2.33. The van der Waals surface area contributed by atoms with Gasteiger partial charge in [0.25, 0.3) is 0 Å². The van der Waals surface area contributed by atoms with Crippen LogP contribution in [0.3, 0.4) is 0 Å². The van der Waals surface area contributed by atoms with Gasteiger partial charge in [0.1, 0.15) is 4.90 Å². The molecule has 0 saturated carbocycles. The third-order valence-corrected chi connectivity index (χ3v) is 4.67. The summed E-state index contributed by atoms with van der Waals surface area (Å²) in [4.78, 5) is 10.3. The summed E-state index contributed by atoms with van der Waals surface area (Å²) in [7, 11) is -4.02. The number of aromatic carboxylic acids is 1. The number of carbonyl (C=O) groups is 1. The third kappa shape index (κ3) is 3.34. The number of nitrogens with zero attached hydrogens (tertiary/aromatic N) is 1. The van der Waals surface area contributed by atoms with Crippen LogP contribution in [-0.2, 0) is 10.0 Å². The zero-order chi connectivity index (χ0) is 15.3. The van der Waals surface area contributed by atoms with Gasteiger partial charge in [-0.2, -0.15) is 4.31 Å². The van der Waals surface area contributed by atoms with Gasteiger partial charge in [0.15, 0.2) is 5.82 Å². The minimum absolute atomic E-state index is 0.271. The zero-order valence-electron chi connectivity index (χ0n) is 11.5. The first kappa shape index (κ1) is 16.6. The van der Waals surface area contributed by atoms with E-state index in [1.807, 2.05) is 13.8 Å². The van der Waals surface area contributed by atoms with Gasteiger partial charge in [-0.3, -0.25) is 0 Å². The summed E-state index contributed by atoms with van der Waals surface area (Å²) in [6.07, 6.45) is 1.19. The van der Waals surface area contributed by atoms with Crippen LogP contribution < -0.4 is 0 Å². The first-order valence-corrected chi connectivity index (χ1v) is 7.82. The van der Waals surface area contributed by atoms with E-state index in [0.717, 1.165) is 12.1 Å². The van der Waals surface area contributed by atoms with Crippen LogP contribution >= 0.6 is 0 Å². The maximum atomic E-state index is 14.1. The smallest absolute Gasteiger partial charge is 0.338 e. The fourth-order valence-electron chi connectivity index (χ4n) is 1.87. The Labute approximate surface area is 118 Å². The van der Waals surface area contributed by atoms with Crippen molar-refractivity contribution in [3.8, 4) is 0 Å². The van der Waals surface area contributed by atoms with Crippen molar-refractivity contribution in [2.45, 2.75) is 31.6 Å². The van der Waals surface area contributed by atoms with Crippen LogP contribution in [0.5, 0.6) is 0 Å². The van der Waals surface area contributed by atoms with Crippen LogP contribution in [-0.4, -0.2) is 36.9 Å². The highest BCUT2D eigenvalue weighted by molar-refractivity contribution is 7.89. The molecule has 0 unspecified atom stereocenters. The fraction of sp³-hybridized carbons (Fsp3) is 0.462. The fourth-order valence-corrected chi connectivity index (χ4v) is 3.58. The zero-order valence-corrected chi connectivity index (χ0v) is 12.3. The van der Waals surface area contributed by atoms with E-state index >= 15 is 0 Å². The van der Waals surface area contributed by atoms with E-state index in [4.69, 9.17) is 5.11 Å². The molecular weight excluding hydrogens is 285 g/mol. The van der Waals surface area contributed by atoms with Gasteiger partial charge in [0.05, 0.1) is 5.56 Å². The molecule has 112 valence electrons. The van der Waals surface area contributed by atoms with Crippen LogP contribution in [0.2, 0.25) is 0 Å². The van der Waals surface area contributed by atoms with Crippen molar-refractivity contribution < 1.29 is 22.7 Å². The summed E-state index contributed by atoms with van der Waals surface area (Å²) < 4.78 is 40.1. The Morgan fingerprint density at radius 2 is 1.80 bits per heavy atom. The second-order valence-corrected chi connectivity index (χ2v) is 6.23. The average Bonchev–Trinajstić information content (AvgIpc) is 2.38. The van der Waals surface area contributed by atoms with Crippen LogP contribution in [0.4, 0.5) is 4.39 Å². The van der Waals surface area contributed by atoms with Crippen molar-refractivity contribution in [3.63, 3.8) is 0 Å². The lowest BCUT2D eigenvalue weighted by Crippen LogP contribution is -2.33. The molecule has 0 amide bonds. The van der Waals surface area contributed by atoms with Gasteiger partial charge in [-0.15, -0.1) is 0 Å². The molecule has 0 aliphatic heterocycles. The molecule has 0 fully saturated rings. The number of hydrogen-bond donors (Lipinski definition) is 1. The third-order valence-electron chi connectivity index (χ3n) is 2.76. The van der Waals surface area contributed by atoms with Gasteiger partial charge in [0.2, 0.25) is 10.0 Å². The number of benzene rings is 1. The SMILES string of the molecule is CCCN(CCC)S(=O)(=O)c1cccc(C(=O)O)c1F. The standard InChI is InChI=1S/C13H18FNO4S/c1-3-8-15(9-4-2)20(18,19)11-7-5-6-10(12(11)14)13(16)17/h5-7H,3-4,8-9H2,1-2H3,(H,16,17). The summed E-state index contributed by atoms with van der Waals surface area (Å²) in [5, 5.41) is 8.85. The quantitative estimate of drug-likeness (QED) is 0.839. The Bertz CT molecular complexity index is 580. The van der Waals surface area contributed by atoms with Crippen molar-refractivity contribution in [2.24, 2.45) is 0 Å². The first-order valence-electron chi connectivity index (χ1n) is 6.38. The van der Waals surface area contributed by atoms with Gasteiger partial charge in [-0.1, -0.05) is 19.9 Å². The number of carboxylic acid groups (broad SMARTS) is 1. The molecule has 0 aliphatic carbocycles. The van der Waals surface area contributed by atoms with E-state index < -0.39 is 32.3 Å². The maximum Gasteiger partial charge on any atom is 0.338 e. The number of halogens is 1. The maximum absolute atomic E-state index is 14.1. The number of hydrogen-bond acceptors (Lipinski definition) is 3. The summed E-state index contributed by atoms with van der Waals surface area (Å²) in [5.41, 5.74) is -0.640. The molecule has 0 bridgehead atoms. The van der Waals surface area contributed by atoms with E-state index in [2.05, 4.69) is 0 Å². The molecule has 0 aromatic heterocycles. The molecule has 5 nitrogen and oxygen atoms in total. The largest absolute Gasteiger partial charge is 0.478 e. The Hall–Kier alpha value is -1.47. The molecule has 0 aliphatic rings. The summed E-state index contributed by atoms with van der Waals surface area (Å²) in [5.74, 6) is -2.70. The minimum atomic E-state index is -4.02. The van der Waals surface area contributed by atoms with E-state index in [0.29, 0.717) is 12.8 Å².